The molecule has 0 saturated carbocycles. The van der Waals surface area contributed by atoms with Crippen LogP contribution >= 0.6 is 0 Å². The highest BCUT2D eigenvalue weighted by Gasteiger charge is 2.20. The lowest BCUT2D eigenvalue weighted by Crippen LogP contribution is -2.17. The van der Waals surface area contributed by atoms with Crippen LogP contribution in [-0.4, -0.2) is 14.9 Å². The first-order chi connectivity index (χ1) is 14.8. The van der Waals surface area contributed by atoms with E-state index in [2.05, 4.69) is 4.90 Å². The molecule has 2 aromatic carbocycles. The molecule has 4 rings (SSSR count). The van der Waals surface area contributed by atoms with E-state index in [0.717, 1.165) is 16.7 Å². The van der Waals surface area contributed by atoms with Crippen LogP contribution < -0.4 is 10.2 Å². The highest BCUT2D eigenvalue weighted by atomic mass is 32.2. The van der Waals surface area contributed by atoms with E-state index >= 15 is 0 Å². The molecule has 162 valence electrons. The number of hydrogen-bond acceptors (Lipinski definition) is 6. The van der Waals surface area contributed by atoms with Crippen LogP contribution in [0.5, 0.6) is 5.75 Å². The van der Waals surface area contributed by atoms with Crippen LogP contribution in [0.25, 0.3) is 0 Å². The highest BCUT2D eigenvalue weighted by molar-refractivity contribution is 7.92. The molecule has 0 saturated heterocycles. The summed E-state index contributed by atoms with van der Waals surface area (Å²) in [4.78, 5) is 15.0. The quantitative estimate of drug-likeness (QED) is 0.590. The van der Waals surface area contributed by atoms with Crippen molar-refractivity contribution >= 4 is 9.73 Å². The van der Waals surface area contributed by atoms with E-state index in [4.69, 9.17) is 13.9 Å². The molecule has 0 spiro atoms. The van der Waals surface area contributed by atoms with Gasteiger partial charge in [-0.25, -0.2) is 13.4 Å². The molecule has 1 aromatic heterocycles. The molecule has 31 heavy (non-hydrogen) atoms. The van der Waals surface area contributed by atoms with Crippen molar-refractivity contribution in [2.45, 2.75) is 38.1 Å². The Bertz CT molecular complexity index is 1250. The average Bonchev–Trinajstić information content (AvgIpc) is 3.14. The lowest BCUT2D eigenvalue weighted by atomic mass is 10.1. The van der Waals surface area contributed by atoms with Gasteiger partial charge in [0, 0.05) is 29.8 Å². The van der Waals surface area contributed by atoms with Gasteiger partial charge in [0.25, 0.3) is 0 Å². The van der Waals surface area contributed by atoms with E-state index in [9.17, 15) is 13.4 Å². The van der Waals surface area contributed by atoms with Crippen molar-refractivity contribution in [3.63, 3.8) is 0 Å². The third-order valence-corrected chi connectivity index (χ3v) is 7.14. The minimum absolute atomic E-state index is 0.109. The first-order valence-corrected chi connectivity index (χ1v) is 11.7. The second-order valence-electron chi connectivity index (χ2n) is 7.53. The maximum atomic E-state index is 13.4. The predicted octanol–water partition coefficient (Wildman–Crippen LogP) is 4.30. The van der Waals surface area contributed by atoms with Gasteiger partial charge in [-0.2, -0.15) is 0 Å². The fourth-order valence-corrected chi connectivity index (χ4v) is 4.43. The summed E-state index contributed by atoms with van der Waals surface area (Å²) in [6.07, 6.45) is 1.31. The van der Waals surface area contributed by atoms with Gasteiger partial charge < -0.3 is 9.15 Å². The van der Waals surface area contributed by atoms with E-state index in [1.807, 2.05) is 0 Å². The summed E-state index contributed by atoms with van der Waals surface area (Å²) in [6, 6.07) is 13.0. The van der Waals surface area contributed by atoms with Gasteiger partial charge in [-0.05, 0) is 41.0 Å². The Balaban J connectivity index is 1.37. The summed E-state index contributed by atoms with van der Waals surface area (Å²) in [5, 5.41) is 0. The van der Waals surface area contributed by atoms with Crippen molar-refractivity contribution in [3.8, 4) is 5.75 Å². The van der Waals surface area contributed by atoms with Gasteiger partial charge >= 0.3 is 0 Å². The van der Waals surface area contributed by atoms with Gasteiger partial charge in [-0.3, -0.25) is 9.69 Å². The van der Waals surface area contributed by atoms with Crippen molar-refractivity contribution < 1.29 is 17.8 Å². The van der Waals surface area contributed by atoms with Crippen molar-refractivity contribution in [2.75, 3.05) is 5.75 Å². The van der Waals surface area contributed by atoms with Crippen LogP contribution in [0.3, 0.4) is 0 Å². The molecule has 3 aromatic rings. The molecule has 1 N–H and O–H groups in total. The lowest BCUT2D eigenvalue weighted by Gasteiger charge is -2.14. The normalized spacial score (nSPS) is 15.4. The van der Waals surface area contributed by atoms with Gasteiger partial charge in [-0.15, -0.1) is 0 Å². The van der Waals surface area contributed by atoms with Crippen molar-refractivity contribution in [2.24, 2.45) is 0 Å². The SMILES string of the molecule is CCS(=N)(=O)c1ccc(COc2coc(CN3Cc4ccc(F)cc4C3)cc2=O)cc1. The molecule has 1 unspecified atom stereocenters. The zero-order chi connectivity index (χ0) is 22.0. The molecule has 0 amide bonds. The third-order valence-electron chi connectivity index (χ3n) is 5.29. The molecule has 2 heterocycles. The molecular formula is C23H23FN2O4S. The van der Waals surface area contributed by atoms with E-state index in [1.54, 1.807) is 43.3 Å². The molecule has 0 bridgehead atoms. The Hall–Kier alpha value is -2.97. The van der Waals surface area contributed by atoms with Gasteiger partial charge in [0.15, 0.2) is 0 Å². The number of nitrogens with one attached hydrogen (secondary N) is 1. The molecule has 1 atom stereocenters. The first-order valence-electron chi connectivity index (χ1n) is 9.93. The molecule has 8 heteroatoms. The number of halogens is 1. The monoisotopic (exact) mass is 442 g/mol. The minimum atomic E-state index is -2.75. The largest absolute Gasteiger partial charge is 0.482 e. The second-order valence-corrected chi connectivity index (χ2v) is 9.93. The molecule has 1 aliphatic heterocycles. The molecule has 0 aliphatic carbocycles. The van der Waals surface area contributed by atoms with Crippen LogP contribution in [0, 0.1) is 10.6 Å². The average molecular weight is 443 g/mol. The standard InChI is InChI=1S/C23H23FN2O4S/c1-2-31(25,28)21-7-3-16(4-8-21)14-30-23-15-29-20(10-22(23)27)13-26-11-17-5-6-19(24)9-18(17)12-26/h3-10,15,25H,2,11-14H2,1H3. The van der Waals surface area contributed by atoms with Crippen molar-refractivity contribution in [1.82, 2.24) is 4.90 Å². The fourth-order valence-electron chi connectivity index (χ4n) is 3.53. The first kappa shape index (κ1) is 21.3. The van der Waals surface area contributed by atoms with Crippen molar-refractivity contribution in [1.29, 1.82) is 4.78 Å². The molecule has 0 fully saturated rings. The summed E-state index contributed by atoms with van der Waals surface area (Å²) in [5.41, 5.74) is 2.55. The predicted molar refractivity (Wildman–Crippen MR) is 115 cm³/mol. The smallest absolute Gasteiger partial charge is 0.227 e. The number of nitrogens with zero attached hydrogens (tertiary/aromatic N) is 1. The van der Waals surface area contributed by atoms with Crippen LogP contribution in [0.2, 0.25) is 0 Å². The van der Waals surface area contributed by atoms with Crippen molar-refractivity contribution in [3.05, 3.63) is 93.3 Å². The summed E-state index contributed by atoms with van der Waals surface area (Å²) in [6.45, 7) is 3.60. The number of fused-ring (bicyclic) bond motifs is 1. The number of rotatable bonds is 7. The van der Waals surface area contributed by atoms with Gasteiger partial charge in [0.05, 0.1) is 16.3 Å². The fraction of sp³-hybridized carbons (Fsp3) is 0.261. The van der Waals surface area contributed by atoms with Crippen LogP contribution in [0.1, 0.15) is 29.4 Å². The van der Waals surface area contributed by atoms with Gasteiger partial charge in [0.2, 0.25) is 11.2 Å². The minimum Gasteiger partial charge on any atom is -0.482 e. The van der Waals surface area contributed by atoms with Crippen LogP contribution in [0.4, 0.5) is 4.39 Å². The zero-order valence-electron chi connectivity index (χ0n) is 17.1. The van der Waals surface area contributed by atoms with Crippen LogP contribution in [0.15, 0.2) is 68.9 Å². The van der Waals surface area contributed by atoms with E-state index in [0.29, 0.717) is 30.3 Å². The molecule has 6 nitrogen and oxygen atoms in total. The summed E-state index contributed by atoms with van der Waals surface area (Å²) < 4.78 is 44.5. The Kier molecular flexibility index (Phi) is 5.93. The third kappa shape index (κ3) is 4.86. The lowest BCUT2D eigenvalue weighted by molar-refractivity contribution is 0.241. The Morgan fingerprint density at radius 3 is 2.58 bits per heavy atom. The van der Waals surface area contributed by atoms with Gasteiger partial charge in [-0.1, -0.05) is 25.1 Å². The summed E-state index contributed by atoms with van der Waals surface area (Å²) in [5.74, 6) is 0.635. The zero-order valence-corrected chi connectivity index (χ0v) is 17.9. The maximum absolute atomic E-state index is 13.4. The van der Waals surface area contributed by atoms with Crippen LogP contribution in [-0.2, 0) is 36.0 Å². The number of hydrogen-bond donors (Lipinski definition) is 1. The van der Waals surface area contributed by atoms with E-state index in [1.165, 1.54) is 18.4 Å². The maximum Gasteiger partial charge on any atom is 0.227 e. The topological polar surface area (TPSA) is 83.6 Å². The molecule has 1 aliphatic rings. The summed E-state index contributed by atoms with van der Waals surface area (Å²) in [7, 11) is -2.75. The number of benzene rings is 2. The highest BCUT2D eigenvalue weighted by Crippen LogP contribution is 2.25. The number of ether oxygens (including phenoxy) is 1. The second kappa shape index (κ2) is 8.64. The summed E-state index contributed by atoms with van der Waals surface area (Å²) >= 11 is 0. The molecule has 0 radical (unpaired) electrons. The Morgan fingerprint density at radius 1 is 1.13 bits per heavy atom. The molecular weight excluding hydrogens is 419 g/mol. The van der Waals surface area contributed by atoms with E-state index in [-0.39, 0.29) is 29.4 Å². The Morgan fingerprint density at radius 2 is 1.87 bits per heavy atom. The van der Waals surface area contributed by atoms with Gasteiger partial charge in [0.1, 0.15) is 24.4 Å². The Labute approximate surface area is 180 Å². The van der Waals surface area contributed by atoms with E-state index < -0.39 is 9.73 Å².